The number of ketones is 1. The van der Waals surface area contributed by atoms with Crippen molar-refractivity contribution in [3.8, 4) is 5.75 Å². The Hall–Kier alpha value is -2.34. The Bertz CT molecular complexity index is 829. The number of aryl methyl sites for hydroxylation is 2. The molecule has 0 aliphatic heterocycles. The molecule has 152 valence electrons. The first-order chi connectivity index (χ1) is 13.0. The van der Waals surface area contributed by atoms with Gasteiger partial charge in [0, 0.05) is 19.4 Å². The Morgan fingerprint density at radius 1 is 1.00 bits per heavy atom. The van der Waals surface area contributed by atoms with Crippen LogP contribution in [0.5, 0.6) is 5.75 Å². The van der Waals surface area contributed by atoms with Crippen molar-refractivity contribution in [2.75, 3.05) is 27.2 Å². The van der Waals surface area contributed by atoms with Crippen molar-refractivity contribution in [2.45, 2.75) is 32.9 Å². The van der Waals surface area contributed by atoms with Crippen LogP contribution in [0.25, 0.3) is 0 Å². The highest BCUT2D eigenvalue weighted by molar-refractivity contribution is 5.83. The molecule has 28 heavy (non-hydrogen) atoms. The van der Waals surface area contributed by atoms with Gasteiger partial charge in [-0.2, -0.15) is 13.2 Å². The van der Waals surface area contributed by atoms with Gasteiger partial charge in [-0.15, -0.1) is 0 Å². The van der Waals surface area contributed by atoms with Crippen molar-refractivity contribution in [2.24, 2.45) is 0 Å². The van der Waals surface area contributed by atoms with Crippen molar-refractivity contribution in [1.82, 2.24) is 4.90 Å². The summed E-state index contributed by atoms with van der Waals surface area (Å²) in [4.78, 5) is 14.4. The first kappa shape index (κ1) is 22.0. The van der Waals surface area contributed by atoms with Gasteiger partial charge < -0.3 is 9.64 Å². The minimum Gasteiger partial charge on any atom is -0.492 e. The van der Waals surface area contributed by atoms with Gasteiger partial charge in [0.15, 0.2) is 0 Å². The van der Waals surface area contributed by atoms with Crippen LogP contribution in [-0.4, -0.2) is 37.9 Å². The lowest BCUT2D eigenvalue weighted by molar-refractivity contribution is -0.137. The second-order valence-electron chi connectivity index (χ2n) is 7.35. The third-order valence-electron chi connectivity index (χ3n) is 4.32. The predicted molar refractivity (Wildman–Crippen MR) is 104 cm³/mol. The van der Waals surface area contributed by atoms with Gasteiger partial charge in [-0.25, -0.2) is 0 Å². The average Bonchev–Trinajstić information content (AvgIpc) is 2.56. The van der Waals surface area contributed by atoms with E-state index in [0.29, 0.717) is 17.7 Å². The summed E-state index contributed by atoms with van der Waals surface area (Å²) in [7, 11) is 3.92. The fourth-order valence-corrected chi connectivity index (χ4v) is 2.89. The molecular weight excluding hydrogens is 367 g/mol. The zero-order valence-electron chi connectivity index (χ0n) is 16.7. The lowest BCUT2D eigenvalue weighted by Gasteiger charge is -2.14. The van der Waals surface area contributed by atoms with Crippen LogP contribution in [0.3, 0.4) is 0 Å². The quantitative estimate of drug-likeness (QED) is 0.656. The Labute approximate surface area is 164 Å². The molecule has 3 nitrogen and oxygen atoms in total. The molecule has 2 aromatic carbocycles. The van der Waals surface area contributed by atoms with Gasteiger partial charge in [0.25, 0.3) is 0 Å². The number of carbonyl (C=O) groups is 1. The van der Waals surface area contributed by atoms with Gasteiger partial charge in [0.05, 0.1) is 5.56 Å². The molecule has 0 spiro atoms. The zero-order valence-corrected chi connectivity index (χ0v) is 16.7. The molecule has 0 fully saturated rings. The second kappa shape index (κ2) is 9.24. The monoisotopic (exact) mass is 393 g/mol. The molecule has 0 saturated heterocycles. The summed E-state index contributed by atoms with van der Waals surface area (Å²) in [5.74, 6) is 0.587. The molecule has 0 atom stereocenters. The van der Waals surface area contributed by atoms with Crippen LogP contribution in [0, 0.1) is 13.8 Å². The number of benzene rings is 2. The van der Waals surface area contributed by atoms with Gasteiger partial charge in [-0.05, 0) is 62.8 Å². The summed E-state index contributed by atoms with van der Waals surface area (Å²) in [5.41, 5.74) is 1.92. The Morgan fingerprint density at radius 3 is 2.32 bits per heavy atom. The molecule has 2 rings (SSSR count). The lowest BCUT2D eigenvalue weighted by Crippen LogP contribution is -2.19. The second-order valence-corrected chi connectivity index (χ2v) is 7.35. The summed E-state index contributed by atoms with van der Waals surface area (Å²) < 4.78 is 44.7. The first-order valence-corrected chi connectivity index (χ1v) is 9.11. The van der Waals surface area contributed by atoms with Gasteiger partial charge >= 0.3 is 6.18 Å². The van der Waals surface area contributed by atoms with E-state index in [9.17, 15) is 18.0 Å². The minimum atomic E-state index is -4.42. The van der Waals surface area contributed by atoms with Gasteiger partial charge in [0.2, 0.25) is 0 Å². The van der Waals surface area contributed by atoms with E-state index >= 15 is 0 Å². The molecule has 0 heterocycles. The summed E-state index contributed by atoms with van der Waals surface area (Å²) in [6.07, 6.45) is -4.30. The van der Waals surface area contributed by atoms with Crippen LogP contribution in [0.2, 0.25) is 0 Å². The summed E-state index contributed by atoms with van der Waals surface area (Å²) in [6.45, 7) is 4.84. The maximum atomic E-state index is 13.0. The Balaban J connectivity index is 2.06. The number of carbonyl (C=O) groups excluding carboxylic acids is 1. The topological polar surface area (TPSA) is 29.5 Å². The maximum Gasteiger partial charge on any atom is 0.416 e. The van der Waals surface area contributed by atoms with Crippen LogP contribution >= 0.6 is 0 Å². The highest BCUT2D eigenvalue weighted by atomic mass is 19.4. The van der Waals surface area contributed by atoms with E-state index in [4.69, 9.17) is 4.74 Å². The SMILES string of the molecule is Cc1cc(CC(=O)Cc2ccc(C)c(OCCN(C)C)c2)cc(C(F)(F)F)c1. The van der Waals surface area contributed by atoms with Gasteiger partial charge in [-0.1, -0.05) is 23.8 Å². The fourth-order valence-electron chi connectivity index (χ4n) is 2.89. The van der Waals surface area contributed by atoms with Crippen molar-refractivity contribution in [3.05, 3.63) is 64.2 Å². The number of hydrogen-bond donors (Lipinski definition) is 0. The van der Waals surface area contributed by atoms with Crippen LogP contribution in [0.1, 0.15) is 27.8 Å². The fraction of sp³-hybridized carbons (Fsp3) is 0.409. The number of Topliss-reactive ketones (excluding diaryl/α,β-unsaturated/α-hetero) is 1. The van der Waals surface area contributed by atoms with E-state index in [1.807, 2.05) is 44.1 Å². The Morgan fingerprint density at radius 2 is 1.68 bits per heavy atom. The van der Waals surface area contributed by atoms with Crippen molar-refractivity contribution in [3.63, 3.8) is 0 Å². The van der Waals surface area contributed by atoms with Crippen LogP contribution < -0.4 is 4.74 Å². The highest BCUT2D eigenvalue weighted by Crippen LogP contribution is 2.31. The van der Waals surface area contributed by atoms with Crippen LogP contribution in [-0.2, 0) is 23.8 Å². The summed E-state index contributed by atoms with van der Waals surface area (Å²) in [6, 6.07) is 9.34. The normalized spacial score (nSPS) is 11.7. The van der Waals surface area contributed by atoms with Crippen LogP contribution in [0.4, 0.5) is 13.2 Å². The Kier molecular flexibility index (Phi) is 7.24. The number of hydrogen-bond acceptors (Lipinski definition) is 3. The zero-order chi connectivity index (χ0) is 20.9. The molecule has 0 bridgehead atoms. The number of halogens is 3. The molecule has 6 heteroatoms. The van der Waals surface area contributed by atoms with E-state index in [1.165, 1.54) is 0 Å². The number of nitrogens with zero attached hydrogens (tertiary/aromatic N) is 1. The molecule has 0 unspecified atom stereocenters. The van der Waals surface area contributed by atoms with E-state index in [-0.39, 0.29) is 18.6 Å². The van der Waals surface area contributed by atoms with E-state index in [1.54, 1.807) is 13.0 Å². The van der Waals surface area contributed by atoms with Gasteiger partial charge in [-0.3, -0.25) is 4.79 Å². The van der Waals surface area contributed by atoms with Gasteiger partial charge in [0.1, 0.15) is 18.1 Å². The molecule has 0 aromatic heterocycles. The summed E-state index contributed by atoms with van der Waals surface area (Å²) in [5, 5.41) is 0. The van der Waals surface area contributed by atoms with Crippen molar-refractivity contribution < 1.29 is 22.7 Å². The molecule has 0 amide bonds. The molecule has 0 saturated carbocycles. The van der Waals surface area contributed by atoms with E-state index in [0.717, 1.165) is 35.6 Å². The molecule has 0 radical (unpaired) electrons. The summed E-state index contributed by atoms with van der Waals surface area (Å²) >= 11 is 0. The number of alkyl halides is 3. The predicted octanol–water partition coefficient (Wildman–Crippen LogP) is 4.62. The lowest BCUT2D eigenvalue weighted by atomic mass is 9.98. The first-order valence-electron chi connectivity index (χ1n) is 9.11. The molecule has 0 aliphatic carbocycles. The molecule has 0 N–H and O–H groups in total. The maximum absolute atomic E-state index is 13.0. The van der Waals surface area contributed by atoms with E-state index < -0.39 is 11.7 Å². The van der Waals surface area contributed by atoms with Crippen molar-refractivity contribution in [1.29, 1.82) is 0 Å². The number of likely N-dealkylation sites (N-methyl/N-ethyl adjacent to an activating group) is 1. The standard InChI is InChI=1S/C22H26F3NO2/c1-15-9-18(11-19(10-15)22(23,24)25)13-20(27)12-17-6-5-16(2)21(14-17)28-8-7-26(3)4/h5-6,9-11,14H,7-8,12-13H2,1-4H3. The molecule has 2 aromatic rings. The smallest absolute Gasteiger partial charge is 0.416 e. The highest BCUT2D eigenvalue weighted by Gasteiger charge is 2.31. The minimum absolute atomic E-state index is 0.0323. The van der Waals surface area contributed by atoms with E-state index in [2.05, 4.69) is 0 Å². The third-order valence-corrected chi connectivity index (χ3v) is 4.32. The molecule has 0 aliphatic rings. The largest absolute Gasteiger partial charge is 0.492 e. The third kappa shape index (κ3) is 6.68. The molecular formula is C22H26F3NO2. The van der Waals surface area contributed by atoms with Crippen LogP contribution in [0.15, 0.2) is 36.4 Å². The average molecular weight is 393 g/mol. The number of rotatable bonds is 8. The number of ether oxygens (including phenoxy) is 1. The van der Waals surface area contributed by atoms with Crippen molar-refractivity contribution >= 4 is 5.78 Å².